The van der Waals surface area contributed by atoms with Gasteiger partial charge >= 0.3 is 0 Å². The summed E-state index contributed by atoms with van der Waals surface area (Å²) in [5.41, 5.74) is 1.49. The molecule has 0 spiro atoms. The topological polar surface area (TPSA) is 40.9 Å². The zero-order valence-electron chi connectivity index (χ0n) is 9.77. The Morgan fingerprint density at radius 1 is 1.05 bits per heavy atom. The summed E-state index contributed by atoms with van der Waals surface area (Å²) < 4.78 is 12.2. The van der Waals surface area contributed by atoms with Crippen molar-refractivity contribution in [1.82, 2.24) is 0 Å². The van der Waals surface area contributed by atoms with Gasteiger partial charge in [-0.05, 0) is 35.9 Å². The highest BCUT2D eigenvalue weighted by molar-refractivity contribution is 7.84. The molecule has 0 bridgehead atoms. The number of nitriles is 1. The summed E-state index contributed by atoms with van der Waals surface area (Å²) in [7, 11) is -1.19. The quantitative estimate of drug-likeness (QED) is 0.853. The minimum atomic E-state index is -1.19. The van der Waals surface area contributed by atoms with E-state index in [0.29, 0.717) is 26.3 Å². The molecular formula is C14H9Cl2NOS. The van der Waals surface area contributed by atoms with Gasteiger partial charge in [0.2, 0.25) is 0 Å². The molecule has 0 saturated heterocycles. The van der Waals surface area contributed by atoms with Crippen molar-refractivity contribution in [2.75, 3.05) is 0 Å². The molecule has 19 heavy (non-hydrogen) atoms. The van der Waals surface area contributed by atoms with Crippen molar-refractivity contribution in [2.24, 2.45) is 0 Å². The predicted octanol–water partition coefficient (Wildman–Crippen LogP) is 4.17. The average molecular weight is 310 g/mol. The van der Waals surface area contributed by atoms with Crippen LogP contribution in [0.2, 0.25) is 10.0 Å². The summed E-state index contributed by atoms with van der Waals surface area (Å²) in [6.45, 7) is 0. The predicted molar refractivity (Wildman–Crippen MR) is 77.7 cm³/mol. The third-order valence-electron chi connectivity index (χ3n) is 2.53. The molecule has 0 radical (unpaired) electrons. The Morgan fingerprint density at radius 3 is 2.32 bits per heavy atom. The molecule has 0 heterocycles. The molecule has 96 valence electrons. The smallest absolute Gasteiger partial charge is 0.0991 e. The zero-order chi connectivity index (χ0) is 13.8. The first-order valence-corrected chi connectivity index (χ1v) is 7.50. The molecule has 0 aromatic heterocycles. The molecule has 0 amide bonds. The van der Waals surface area contributed by atoms with E-state index < -0.39 is 10.8 Å². The molecule has 2 aromatic rings. The van der Waals surface area contributed by atoms with Crippen molar-refractivity contribution in [1.29, 1.82) is 5.26 Å². The molecule has 5 heteroatoms. The maximum atomic E-state index is 12.2. The Kier molecular flexibility index (Phi) is 4.60. The summed E-state index contributed by atoms with van der Waals surface area (Å²) >= 11 is 11.7. The van der Waals surface area contributed by atoms with Crippen molar-refractivity contribution < 1.29 is 4.21 Å². The van der Waals surface area contributed by atoms with Crippen LogP contribution in [0, 0.1) is 11.3 Å². The van der Waals surface area contributed by atoms with Crippen LogP contribution in [-0.2, 0) is 16.6 Å². The van der Waals surface area contributed by atoms with Crippen molar-refractivity contribution in [3.8, 4) is 6.07 Å². The number of rotatable bonds is 3. The van der Waals surface area contributed by atoms with Gasteiger partial charge in [0.15, 0.2) is 0 Å². The Balaban J connectivity index is 2.16. The lowest BCUT2D eigenvalue weighted by atomic mass is 10.2. The van der Waals surface area contributed by atoms with E-state index in [-0.39, 0.29) is 0 Å². The first-order chi connectivity index (χ1) is 9.10. The second kappa shape index (κ2) is 6.21. The highest BCUT2D eigenvalue weighted by Gasteiger charge is 2.07. The van der Waals surface area contributed by atoms with E-state index in [1.54, 1.807) is 42.5 Å². The number of nitrogens with zero attached hydrogens (tertiary/aromatic N) is 1. The summed E-state index contributed by atoms with van der Waals surface area (Å²) in [5, 5.41) is 9.55. The van der Waals surface area contributed by atoms with Crippen molar-refractivity contribution in [3.05, 3.63) is 63.6 Å². The van der Waals surface area contributed by atoms with Gasteiger partial charge in [-0.2, -0.15) is 5.26 Å². The van der Waals surface area contributed by atoms with E-state index >= 15 is 0 Å². The second-order valence-electron chi connectivity index (χ2n) is 3.87. The van der Waals surface area contributed by atoms with Gasteiger partial charge in [-0.15, -0.1) is 0 Å². The van der Waals surface area contributed by atoms with E-state index in [9.17, 15) is 4.21 Å². The van der Waals surface area contributed by atoms with Crippen LogP contribution in [0.25, 0.3) is 0 Å². The Bertz CT molecular complexity index is 662. The molecule has 0 aliphatic carbocycles. The summed E-state index contributed by atoms with van der Waals surface area (Å²) in [6, 6.07) is 14.0. The molecule has 0 N–H and O–H groups in total. The summed E-state index contributed by atoms with van der Waals surface area (Å²) in [5.74, 6) is 0.379. The highest BCUT2D eigenvalue weighted by atomic mass is 35.5. The number of hydrogen-bond acceptors (Lipinski definition) is 2. The average Bonchev–Trinajstić information content (AvgIpc) is 2.42. The molecule has 0 fully saturated rings. The van der Waals surface area contributed by atoms with Crippen molar-refractivity contribution in [2.45, 2.75) is 10.6 Å². The molecule has 0 aliphatic heterocycles. The first-order valence-electron chi connectivity index (χ1n) is 5.42. The maximum absolute atomic E-state index is 12.2. The molecule has 1 atom stereocenters. The fourth-order valence-corrected chi connectivity index (χ4v) is 3.02. The number of halogens is 2. The molecule has 2 nitrogen and oxygen atoms in total. The van der Waals surface area contributed by atoms with Crippen LogP contribution in [0.1, 0.15) is 11.1 Å². The maximum Gasteiger partial charge on any atom is 0.0991 e. The van der Waals surface area contributed by atoms with Gasteiger partial charge in [-0.3, -0.25) is 4.21 Å². The Hall–Kier alpha value is -1.34. The number of benzene rings is 2. The third kappa shape index (κ3) is 3.57. The Labute approximate surface area is 124 Å². The lowest BCUT2D eigenvalue weighted by Crippen LogP contribution is -1.96. The molecular weight excluding hydrogens is 301 g/mol. The highest BCUT2D eigenvalue weighted by Crippen LogP contribution is 2.25. The van der Waals surface area contributed by atoms with E-state index in [1.807, 2.05) is 6.07 Å². The van der Waals surface area contributed by atoms with Gasteiger partial charge in [0.1, 0.15) is 0 Å². The minimum absolute atomic E-state index is 0.379. The fraction of sp³-hybridized carbons (Fsp3) is 0.0714. The standard InChI is InChI=1S/C14H9Cl2NOS/c15-13-6-5-12(7-14(13)16)19(18)9-11-3-1-10(8-17)2-4-11/h1-7H,9H2. The molecule has 2 rings (SSSR count). The van der Waals surface area contributed by atoms with Crippen LogP contribution in [0.3, 0.4) is 0 Å². The van der Waals surface area contributed by atoms with E-state index in [0.717, 1.165) is 5.56 Å². The van der Waals surface area contributed by atoms with Crippen molar-refractivity contribution >= 4 is 34.0 Å². The fourth-order valence-electron chi connectivity index (χ4n) is 1.53. The minimum Gasteiger partial charge on any atom is -0.254 e. The van der Waals surface area contributed by atoms with Gasteiger partial charge in [0.05, 0.1) is 38.2 Å². The van der Waals surface area contributed by atoms with Crippen LogP contribution in [0.15, 0.2) is 47.4 Å². The molecule has 0 saturated carbocycles. The first kappa shape index (κ1) is 14.1. The summed E-state index contributed by atoms with van der Waals surface area (Å²) in [6.07, 6.45) is 0. The largest absolute Gasteiger partial charge is 0.254 e. The Morgan fingerprint density at radius 2 is 1.74 bits per heavy atom. The van der Waals surface area contributed by atoms with Crippen LogP contribution >= 0.6 is 23.2 Å². The lowest BCUT2D eigenvalue weighted by Gasteiger charge is -2.04. The zero-order valence-corrected chi connectivity index (χ0v) is 12.1. The normalized spacial score (nSPS) is 11.8. The van der Waals surface area contributed by atoms with Gasteiger partial charge in [0, 0.05) is 4.90 Å². The van der Waals surface area contributed by atoms with Crippen molar-refractivity contribution in [3.63, 3.8) is 0 Å². The van der Waals surface area contributed by atoms with Gasteiger partial charge < -0.3 is 0 Å². The van der Waals surface area contributed by atoms with Gasteiger partial charge in [0.25, 0.3) is 0 Å². The molecule has 1 unspecified atom stereocenters. The van der Waals surface area contributed by atoms with Crippen LogP contribution in [0.5, 0.6) is 0 Å². The monoisotopic (exact) mass is 309 g/mol. The van der Waals surface area contributed by atoms with Crippen LogP contribution in [-0.4, -0.2) is 4.21 Å². The number of hydrogen-bond donors (Lipinski definition) is 0. The molecule has 0 aliphatic rings. The second-order valence-corrected chi connectivity index (χ2v) is 6.14. The third-order valence-corrected chi connectivity index (χ3v) is 4.65. The molecule has 2 aromatic carbocycles. The van der Waals surface area contributed by atoms with E-state index in [4.69, 9.17) is 28.5 Å². The van der Waals surface area contributed by atoms with Crippen LogP contribution in [0.4, 0.5) is 0 Å². The van der Waals surface area contributed by atoms with E-state index in [1.165, 1.54) is 0 Å². The van der Waals surface area contributed by atoms with E-state index in [2.05, 4.69) is 0 Å². The SMILES string of the molecule is N#Cc1ccc(CS(=O)c2ccc(Cl)c(Cl)c2)cc1. The van der Waals surface area contributed by atoms with Gasteiger partial charge in [-0.25, -0.2) is 0 Å². The van der Waals surface area contributed by atoms with Crippen LogP contribution < -0.4 is 0 Å². The lowest BCUT2D eigenvalue weighted by molar-refractivity contribution is 0.682. The summed E-state index contributed by atoms with van der Waals surface area (Å²) in [4.78, 5) is 0.638. The van der Waals surface area contributed by atoms with Gasteiger partial charge in [-0.1, -0.05) is 35.3 Å².